The number of fused-ring (bicyclic) bond motifs is 13. The summed E-state index contributed by atoms with van der Waals surface area (Å²) in [6.45, 7) is 0. The molecule has 0 atom stereocenters. The van der Waals surface area contributed by atoms with Crippen LogP contribution in [0.5, 0.6) is 0 Å². The molecule has 0 amide bonds. The quantitative estimate of drug-likeness (QED) is 0.108. The largest absolute Gasteiger partial charge is 0.455 e. The van der Waals surface area contributed by atoms with Crippen molar-refractivity contribution in [2.75, 3.05) is 9.80 Å². The smallest absolute Gasteiger partial charge is 0.143 e. The molecule has 0 N–H and O–H groups in total. The topological polar surface area (TPSA) is 59.0 Å². The number of hydrogen-bond acceptors (Lipinski definition) is 6. The van der Waals surface area contributed by atoms with Gasteiger partial charge in [-0.25, -0.2) is 0 Å². The second-order valence-corrected chi connectivity index (χ2v) is 30.1. The van der Waals surface area contributed by atoms with Crippen molar-refractivity contribution in [1.82, 2.24) is 0 Å². The number of rotatable bonds is 14. The Labute approximate surface area is 681 Å². The van der Waals surface area contributed by atoms with Crippen molar-refractivity contribution in [3.05, 3.63) is 437 Å². The zero-order chi connectivity index (χ0) is 78.0. The van der Waals surface area contributed by atoms with Crippen LogP contribution in [0.15, 0.2) is 454 Å². The molecule has 118 heavy (non-hydrogen) atoms. The van der Waals surface area contributed by atoms with E-state index in [9.17, 15) is 0 Å². The number of para-hydroxylation sites is 8. The molecule has 19 aromatic carbocycles. The molecule has 0 spiro atoms. The number of benzene rings is 19. The number of anilines is 6. The summed E-state index contributed by atoms with van der Waals surface area (Å²) in [6.07, 6.45) is 0. The lowest BCUT2D eigenvalue weighted by Crippen LogP contribution is -2.10. The Kier molecular flexibility index (Phi) is 17.1. The molecule has 4 heterocycles. The fraction of sp³-hybridized carbons (Fsp3) is 0. The lowest BCUT2D eigenvalue weighted by Gasteiger charge is -2.27. The average molecular weight is 1510 g/mol. The van der Waals surface area contributed by atoms with Gasteiger partial charge in [0, 0.05) is 99.5 Å². The van der Waals surface area contributed by atoms with Crippen LogP contribution in [0.3, 0.4) is 0 Å². The third-order valence-corrected chi connectivity index (χ3v) is 23.2. The van der Waals surface area contributed by atoms with Crippen molar-refractivity contribution in [1.29, 1.82) is 0 Å². The van der Waals surface area contributed by atoms with Gasteiger partial charge in [-0.2, -0.15) is 0 Å². The third kappa shape index (κ3) is 12.5. The van der Waals surface area contributed by atoms with E-state index in [0.717, 1.165) is 183 Å². The Morgan fingerprint density at radius 2 is 0.364 bits per heavy atom. The average Bonchev–Trinajstić information content (AvgIpc) is 1.35. The van der Waals surface area contributed by atoms with Crippen LogP contribution in [-0.2, 0) is 0 Å². The van der Waals surface area contributed by atoms with E-state index in [1.807, 2.05) is 48.5 Å². The Morgan fingerprint density at radius 3 is 0.712 bits per heavy atom. The summed E-state index contributed by atoms with van der Waals surface area (Å²) < 4.78 is 25.7. The summed E-state index contributed by atoms with van der Waals surface area (Å²) in [7, 11) is 0. The predicted octanol–water partition coefficient (Wildman–Crippen LogP) is 32.4. The van der Waals surface area contributed by atoms with Crippen LogP contribution >= 0.6 is 0 Å². The van der Waals surface area contributed by atoms with Crippen molar-refractivity contribution in [3.8, 4) is 89.0 Å². The second-order valence-electron chi connectivity index (χ2n) is 30.1. The first-order valence-electron chi connectivity index (χ1n) is 40.1. The molecule has 0 fully saturated rings. The van der Waals surface area contributed by atoms with Crippen LogP contribution in [0.25, 0.3) is 188 Å². The minimum atomic E-state index is 0.898. The molecule has 0 saturated carbocycles. The maximum absolute atomic E-state index is 6.44. The van der Waals surface area contributed by atoms with Gasteiger partial charge in [-0.1, -0.05) is 334 Å². The molecule has 23 aromatic rings. The molecule has 6 heteroatoms. The maximum Gasteiger partial charge on any atom is 0.143 e. The van der Waals surface area contributed by atoms with Crippen LogP contribution in [0, 0.1) is 0 Å². The van der Waals surface area contributed by atoms with Crippen molar-refractivity contribution in [2.45, 2.75) is 0 Å². The Bertz CT molecular complexity index is 7310. The standard InChI is InChI=1S/C58H37NO2.C54H35NO2/c1-2-12-47-40(10-1)11-7-15-48(47)41-24-22-38(23-25-41)39-26-32-44(33-27-39)59(45-34-28-42(29-35-45)49-16-8-18-53-51-13-3-5-20-55(51)60-57(49)53)46-36-30-43(31-37-46)50-17-9-19-54-52-14-4-6-21-56(52)61-58(50)54;1-3-13-36(14-4-1)40-33-41(37-15-5-2-6-16-37)35-44(34-40)55(42-29-25-38(26-30-42)45-19-11-21-49-47-17-7-9-23-51(47)56-53(45)49)43-31-27-39(28-32-43)46-20-12-22-50-48-18-8-10-24-52(48)57-54(46)50/h1-37H;1-35H. The molecule has 0 bridgehead atoms. The predicted molar refractivity (Wildman–Crippen MR) is 492 cm³/mol. The molecule has 23 rings (SSSR count). The summed E-state index contributed by atoms with van der Waals surface area (Å²) in [6, 6.07) is 155. The summed E-state index contributed by atoms with van der Waals surface area (Å²) in [5.41, 5.74) is 31.7. The lowest BCUT2D eigenvalue weighted by molar-refractivity contribution is 0.669. The Balaban J connectivity index is 0.000000143. The molecular formula is C112H72N2O4. The highest BCUT2D eigenvalue weighted by Gasteiger charge is 2.23. The van der Waals surface area contributed by atoms with Crippen LogP contribution in [0.1, 0.15) is 0 Å². The van der Waals surface area contributed by atoms with Gasteiger partial charge in [0.25, 0.3) is 0 Å². The zero-order valence-electron chi connectivity index (χ0n) is 64.1. The maximum atomic E-state index is 6.44. The highest BCUT2D eigenvalue weighted by Crippen LogP contribution is 2.47. The van der Waals surface area contributed by atoms with E-state index in [4.69, 9.17) is 17.7 Å². The van der Waals surface area contributed by atoms with Gasteiger partial charge in [0.05, 0.1) is 0 Å². The number of nitrogens with zero attached hydrogens (tertiary/aromatic N) is 2. The van der Waals surface area contributed by atoms with E-state index in [1.54, 1.807) is 0 Å². The van der Waals surface area contributed by atoms with Crippen LogP contribution in [0.2, 0.25) is 0 Å². The molecule has 554 valence electrons. The summed E-state index contributed by atoms with van der Waals surface area (Å²) in [4.78, 5) is 4.68. The fourth-order valence-corrected chi connectivity index (χ4v) is 17.4. The van der Waals surface area contributed by atoms with Gasteiger partial charge in [0.15, 0.2) is 0 Å². The molecular weight excluding hydrogens is 1440 g/mol. The van der Waals surface area contributed by atoms with Crippen LogP contribution in [0.4, 0.5) is 34.1 Å². The van der Waals surface area contributed by atoms with Gasteiger partial charge >= 0.3 is 0 Å². The first-order valence-corrected chi connectivity index (χ1v) is 40.1. The molecule has 0 aliphatic heterocycles. The van der Waals surface area contributed by atoms with Gasteiger partial charge in [-0.3, -0.25) is 0 Å². The highest BCUT2D eigenvalue weighted by atomic mass is 16.3. The van der Waals surface area contributed by atoms with Crippen LogP contribution < -0.4 is 9.80 Å². The molecule has 0 radical (unpaired) electrons. The third-order valence-electron chi connectivity index (χ3n) is 23.2. The molecule has 0 aliphatic rings. The SMILES string of the molecule is c1ccc(-c2cc(-c3ccccc3)cc(N(c3ccc(-c4cccc5c4oc4ccccc45)cc3)c3ccc(-c4cccc5c4oc4ccccc45)cc3)c2)cc1.c1ccc2c(-c3ccc(-c4ccc(N(c5ccc(-c6cccc7c6oc6ccccc67)cc5)c5ccc(-c6cccc7c6oc6ccccc67)cc5)cc4)cc3)cccc2c1. The molecule has 6 nitrogen and oxygen atoms in total. The number of furan rings is 4. The molecule has 0 unspecified atom stereocenters. The summed E-state index contributed by atoms with van der Waals surface area (Å²) in [5.74, 6) is 0. The highest BCUT2D eigenvalue weighted by molar-refractivity contribution is 6.13. The Hall–Kier alpha value is -15.8. The fourth-order valence-electron chi connectivity index (χ4n) is 17.4. The van der Waals surface area contributed by atoms with E-state index in [1.165, 1.54) is 38.6 Å². The van der Waals surface area contributed by atoms with Crippen molar-refractivity contribution in [3.63, 3.8) is 0 Å². The van der Waals surface area contributed by atoms with Gasteiger partial charge in [-0.05, 0) is 181 Å². The van der Waals surface area contributed by atoms with Crippen molar-refractivity contribution < 1.29 is 17.7 Å². The monoisotopic (exact) mass is 1510 g/mol. The van der Waals surface area contributed by atoms with Gasteiger partial charge in [0.1, 0.15) is 44.7 Å². The van der Waals surface area contributed by atoms with E-state index in [0.29, 0.717) is 0 Å². The van der Waals surface area contributed by atoms with Crippen molar-refractivity contribution in [2.24, 2.45) is 0 Å². The Morgan fingerprint density at radius 1 is 0.136 bits per heavy atom. The minimum Gasteiger partial charge on any atom is -0.455 e. The first-order chi connectivity index (χ1) is 58.5. The van der Waals surface area contributed by atoms with E-state index in [-0.39, 0.29) is 0 Å². The molecule has 0 aliphatic carbocycles. The van der Waals surface area contributed by atoms with E-state index in [2.05, 4.69) is 398 Å². The van der Waals surface area contributed by atoms with Gasteiger partial charge < -0.3 is 27.5 Å². The summed E-state index contributed by atoms with van der Waals surface area (Å²) in [5, 5.41) is 11.5. The number of hydrogen-bond donors (Lipinski definition) is 0. The van der Waals surface area contributed by atoms with Crippen LogP contribution in [-0.4, -0.2) is 0 Å². The molecule has 4 aromatic heterocycles. The van der Waals surface area contributed by atoms with Gasteiger partial charge in [0.2, 0.25) is 0 Å². The summed E-state index contributed by atoms with van der Waals surface area (Å²) >= 11 is 0. The van der Waals surface area contributed by atoms with Crippen molar-refractivity contribution >= 4 is 133 Å². The molecule has 0 saturated heterocycles. The second kappa shape index (κ2) is 29.3. The van der Waals surface area contributed by atoms with E-state index < -0.39 is 0 Å². The lowest BCUT2D eigenvalue weighted by atomic mass is 9.96. The minimum absolute atomic E-state index is 0.898. The zero-order valence-corrected chi connectivity index (χ0v) is 64.1. The first kappa shape index (κ1) is 69.0. The van der Waals surface area contributed by atoms with E-state index >= 15 is 0 Å². The normalized spacial score (nSPS) is 11.6. The van der Waals surface area contributed by atoms with Gasteiger partial charge in [-0.15, -0.1) is 0 Å².